The highest BCUT2D eigenvalue weighted by Crippen LogP contribution is 2.34. The smallest absolute Gasteiger partial charge is 0.0860 e. The summed E-state index contributed by atoms with van der Waals surface area (Å²) in [5.41, 5.74) is 2.35. The molecule has 1 heterocycles. The summed E-state index contributed by atoms with van der Waals surface area (Å²) in [5, 5.41) is 9.61. The molecule has 82 valence electrons. The highest BCUT2D eigenvalue weighted by atomic mass is 79.9. The normalized spacial score (nSPS) is 26.6. The summed E-state index contributed by atoms with van der Waals surface area (Å²) in [6.07, 6.45) is 1.25. The van der Waals surface area contributed by atoms with Gasteiger partial charge in [0, 0.05) is 17.5 Å². The topological polar surface area (TPSA) is 29.5 Å². The highest BCUT2D eigenvalue weighted by Gasteiger charge is 2.24. The fraction of sp³-hybridized carbons (Fsp3) is 0.500. The average molecular weight is 271 g/mol. The summed E-state index contributed by atoms with van der Waals surface area (Å²) >= 11 is 3.57. The zero-order valence-electron chi connectivity index (χ0n) is 8.74. The molecule has 15 heavy (non-hydrogen) atoms. The predicted octanol–water partition coefficient (Wildman–Crippen LogP) is 2.97. The van der Waals surface area contributed by atoms with Crippen molar-refractivity contribution < 1.29 is 9.84 Å². The maximum absolute atomic E-state index is 9.61. The molecule has 0 spiro atoms. The van der Waals surface area contributed by atoms with Crippen LogP contribution in [0.5, 0.6) is 0 Å². The molecule has 2 unspecified atom stereocenters. The van der Waals surface area contributed by atoms with Crippen molar-refractivity contribution in [3.63, 3.8) is 0 Å². The number of aryl methyl sites for hydroxylation is 1. The molecule has 0 aromatic heterocycles. The van der Waals surface area contributed by atoms with E-state index in [0.29, 0.717) is 13.0 Å². The van der Waals surface area contributed by atoms with Gasteiger partial charge in [-0.15, -0.1) is 0 Å². The second-order valence-electron chi connectivity index (χ2n) is 4.02. The van der Waals surface area contributed by atoms with E-state index in [2.05, 4.69) is 35.0 Å². The molecule has 1 aromatic carbocycles. The van der Waals surface area contributed by atoms with Crippen LogP contribution in [0.4, 0.5) is 0 Å². The summed E-state index contributed by atoms with van der Waals surface area (Å²) in [6.45, 7) is 2.71. The largest absolute Gasteiger partial charge is 0.393 e. The Bertz CT molecular complexity index is 351. The van der Waals surface area contributed by atoms with E-state index in [1.54, 1.807) is 0 Å². The first-order valence-electron chi connectivity index (χ1n) is 5.23. The van der Waals surface area contributed by atoms with Crippen LogP contribution >= 0.6 is 15.9 Å². The second-order valence-corrected chi connectivity index (χ2v) is 4.81. The van der Waals surface area contributed by atoms with E-state index in [9.17, 15) is 5.11 Å². The summed E-state index contributed by atoms with van der Waals surface area (Å²) in [7, 11) is 0. The van der Waals surface area contributed by atoms with Crippen LogP contribution in [-0.2, 0) is 4.74 Å². The van der Waals surface area contributed by atoms with Crippen LogP contribution in [0.2, 0.25) is 0 Å². The number of hydrogen-bond donors (Lipinski definition) is 1. The lowest BCUT2D eigenvalue weighted by atomic mass is 9.98. The van der Waals surface area contributed by atoms with Crippen LogP contribution < -0.4 is 0 Å². The van der Waals surface area contributed by atoms with E-state index in [4.69, 9.17) is 4.74 Å². The Labute approximate surface area is 98.4 Å². The Morgan fingerprint density at radius 1 is 1.47 bits per heavy atom. The summed E-state index contributed by atoms with van der Waals surface area (Å²) in [6, 6.07) is 6.15. The van der Waals surface area contributed by atoms with Crippen molar-refractivity contribution in [2.45, 2.75) is 32.0 Å². The van der Waals surface area contributed by atoms with E-state index in [-0.39, 0.29) is 12.2 Å². The lowest BCUT2D eigenvalue weighted by molar-refractivity contribution is -0.0451. The fourth-order valence-electron chi connectivity index (χ4n) is 1.91. The summed E-state index contributed by atoms with van der Waals surface area (Å²) in [5.74, 6) is 0. The molecule has 1 aliphatic rings. The first-order chi connectivity index (χ1) is 7.18. The maximum atomic E-state index is 9.61. The molecule has 0 amide bonds. The number of benzene rings is 1. The van der Waals surface area contributed by atoms with Crippen LogP contribution in [0, 0.1) is 6.92 Å². The molecule has 1 aromatic rings. The van der Waals surface area contributed by atoms with Gasteiger partial charge in [0.25, 0.3) is 0 Å². The van der Waals surface area contributed by atoms with Crippen LogP contribution in [0.15, 0.2) is 22.7 Å². The second kappa shape index (κ2) is 4.64. The first-order valence-corrected chi connectivity index (χ1v) is 6.02. The molecule has 0 radical (unpaired) electrons. The molecule has 0 bridgehead atoms. The number of rotatable bonds is 1. The van der Waals surface area contributed by atoms with Crippen molar-refractivity contribution in [1.82, 2.24) is 0 Å². The van der Waals surface area contributed by atoms with E-state index in [1.807, 2.05) is 6.07 Å². The number of aliphatic hydroxyl groups is 1. The molecule has 2 nitrogen and oxygen atoms in total. The monoisotopic (exact) mass is 270 g/mol. The highest BCUT2D eigenvalue weighted by molar-refractivity contribution is 9.10. The molecule has 1 saturated heterocycles. The molecular weight excluding hydrogens is 256 g/mol. The number of halogens is 1. The number of hydrogen-bond acceptors (Lipinski definition) is 2. The zero-order chi connectivity index (χ0) is 10.8. The van der Waals surface area contributed by atoms with Gasteiger partial charge in [0.15, 0.2) is 0 Å². The minimum absolute atomic E-state index is 0.0306. The van der Waals surface area contributed by atoms with Gasteiger partial charge in [-0.2, -0.15) is 0 Å². The Morgan fingerprint density at radius 2 is 2.27 bits per heavy atom. The van der Waals surface area contributed by atoms with Crippen LogP contribution in [0.3, 0.4) is 0 Å². The Morgan fingerprint density at radius 3 is 3.00 bits per heavy atom. The zero-order valence-corrected chi connectivity index (χ0v) is 10.3. The third kappa shape index (κ3) is 2.41. The van der Waals surface area contributed by atoms with Gasteiger partial charge in [-0.25, -0.2) is 0 Å². The molecule has 0 saturated carbocycles. The van der Waals surface area contributed by atoms with Crippen molar-refractivity contribution in [2.75, 3.05) is 6.61 Å². The lowest BCUT2D eigenvalue weighted by Crippen LogP contribution is -2.23. The molecule has 1 aliphatic heterocycles. The SMILES string of the molecule is Cc1cccc(C2CC(O)CCO2)c1Br. The minimum atomic E-state index is -0.226. The van der Waals surface area contributed by atoms with Gasteiger partial charge in [-0.1, -0.05) is 34.1 Å². The van der Waals surface area contributed by atoms with Crippen molar-refractivity contribution in [2.24, 2.45) is 0 Å². The Kier molecular flexibility index (Phi) is 3.44. The van der Waals surface area contributed by atoms with E-state index in [1.165, 1.54) is 5.56 Å². The quantitative estimate of drug-likeness (QED) is 0.850. The van der Waals surface area contributed by atoms with Gasteiger partial charge in [0.2, 0.25) is 0 Å². The molecule has 1 N–H and O–H groups in total. The molecule has 2 atom stereocenters. The van der Waals surface area contributed by atoms with Crippen LogP contribution in [0.25, 0.3) is 0 Å². The van der Waals surface area contributed by atoms with Gasteiger partial charge in [0.05, 0.1) is 12.2 Å². The molecule has 3 heteroatoms. The summed E-state index contributed by atoms with van der Waals surface area (Å²) in [4.78, 5) is 0. The van der Waals surface area contributed by atoms with Gasteiger partial charge in [-0.3, -0.25) is 0 Å². The number of ether oxygens (including phenoxy) is 1. The van der Waals surface area contributed by atoms with Gasteiger partial charge >= 0.3 is 0 Å². The summed E-state index contributed by atoms with van der Waals surface area (Å²) < 4.78 is 6.78. The van der Waals surface area contributed by atoms with Gasteiger partial charge < -0.3 is 9.84 Å². The Balaban J connectivity index is 2.24. The number of aliphatic hydroxyl groups excluding tert-OH is 1. The van der Waals surface area contributed by atoms with E-state index >= 15 is 0 Å². The van der Waals surface area contributed by atoms with Crippen molar-refractivity contribution in [3.05, 3.63) is 33.8 Å². The van der Waals surface area contributed by atoms with Gasteiger partial charge in [-0.05, 0) is 24.5 Å². The average Bonchev–Trinajstić information content (AvgIpc) is 2.22. The third-order valence-corrected chi connectivity index (χ3v) is 3.91. The van der Waals surface area contributed by atoms with Crippen LogP contribution in [-0.4, -0.2) is 17.8 Å². The fourth-order valence-corrected chi connectivity index (χ4v) is 2.43. The van der Waals surface area contributed by atoms with Crippen molar-refractivity contribution in [3.8, 4) is 0 Å². The van der Waals surface area contributed by atoms with Crippen molar-refractivity contribution >= 4 is 15.9 Å². The third-order valence-electron chi connectivity index (χ3n) is 2.82. The first kappa shape index (κ1) is 11.1. The lowest BCUT2D eigenvalue weighted by Gasteiger charge is -2.27. The molecular formula is C12H15BrO2. The maximum Gasteiger partial charge on any atom is 0.0860 e. The molecule has 2 rings (SSSR count). The molecule has 1 fully saturated rings. The van der Waals surface area contributed by atoms with Gasteiger partial charge in [0.1, 0.15) is 0 Å². The van der Waals surface area contributed by atoms with E-state index < -0.39 is 0 Å². The van der Waals surface area contributed by atoms with E-state index in [0.717, 1.165) is 16.5 Å². The predicted molar refractivity (Wildman–Crippen MR) is 62.8 cm³/mol. The standard InChI is InChI=1S/C12H15BrO2/c1-8-3-2-4-10(12(8)13)11-7-9(14)5-6-15-11/h2-4,9,11,14H,5-7H2,1H3. The van der Waals surface area contributed by atoms with Crippen LogP contribution in [0.1, 0.15) is 30.1 Å². The molecule has 0 aliphatic carbocycles. The minimum Gasteiger partial charge on any atom is -0.393 e. The Hall–Kier alpha value is -0.380. The van der Waals surface area contributed by atoms with Crippen molar-refractivity contribution in [1.29, 1.82) is 0 Å².